The second kappa shape index (κ2) is 2.79. The van der Waals surface area contributed by atoms with E-state index in [-0.39, 0.29) is 0 Å². The first-order valence-electron chi connectivity index (χ1n) is 4.51. The largest absolute Gasteiger partial charge is 0.282 e. The topological polar surface area (TPSA) is 54.0 Å². The van der Waals surface area contributed by atoms with Crippen LogP contribution in [-0.2, 0) is 0 Å². The lowest BCUT2D eigenvalue weighted by Gasteiger charge is -1.93. The molecule has 15 heavy (non-hydrogen) atoms. The molecule has 3 rings (SSSR count). The number of para-hydroxylation sites is 2. The van der Waals surface area contributed by atoms with Crippen molar-refractivity contribution < 1.29 is 0 Å². The van der Waals surface area contributed by atoms with Gasteiger partial charge in [-0.3, -0.25) is 4.40 Å². The highest BCUT2D eigenvalue weighted by Crippen LogP contribution is 2.14. The second-order valence-electron chi connectivity index (χ2n) is 3.22. The molecule has 4 nitrogen and oxygen atoms in total. The van der Waals surface area contributed by atoms with Crippen molar-refractivity contribution in [2.24, 2.45) is 0 Å². The van der Waals surface area contributed by atoms with Crippen molar-refractivity contribution in [1.29, 1.82) is 5.26 Å². The summed E-state index contributed by atoms with van der Waals surface area (Å²) < 4.78 is 1.83. The molecule has 0 aliphatic carbocycles. The fourth-order valence-electron chi connectivity index (χ4n) is 1.61. The molecule has 0 fully saturated rings. The first-order valence-corrected chi connectivity index (χ1v) is 4.51. The summed E-state index contributed by atoms with van der Waals surface area (Å²) in [5.74, 6) is 0.621. The molecule has 2 aromatic heterocycles. The van der Waals surface area contributed by atoms with Crippen LogP contribution in [0.2, 0.25) is 0 Å². The van der Waals surface area contributed by atoms with E-state index in [0.717, 1.165) is 11.0 Å². The Kier molecular flexibility index (Phi) is 1.48. The third-order valence-corrected chi connectivity index (χ3v) is 2.29. The van der Waals surface area contributed by atoms with Crippen LogP contribution >= 0.6 is 0 Å². The van der Waals surface area contributed by atoms with E-state index in [4.69, 9.17) is 5.26 Å². The van der Waals surface area contributed by atoms with Crippen molar-refractivity contribution in [3.63, 3.8) is 0 Å². The van der Waals surface area contributed by atoms with Crippen molar-refractivity contribution in [2.75, 3.05) is 0 Å². The number of hydrogen-bond acceptors (Lipinski definition) is 3. The van der Waals surface area contributed by atoms with Crippen molar-refractivity contribution in [2.45, 2.75) is 0 Å². The molecule has 0 N–H and O–H groups in total. The normalized spacial score (nSPS) is 10.6. The lowest BCUT2D eigenvalue weighted by Crippen LogP contribution is -1.89. The van der Waals surface area contributed by atoms with Gasteiger partial charge in [0.2, 0.25) is 5.78 Å². The number of hydrogen-bond donors (Lipinski definition) is 0. The Morgan fingerprint density at radius 1 is 1.27 bits per heavy atom. The van der Waals surface area contributed by atoms with Gasteiger partial charge < -0.3 is 0 Å². The highest BCUT2D eigenvalue weighted by molar-refractivity contribution is 5.79. The molecule has 4 heteroatoms. The number of fused-ring (bicyclic) bond motifs is 3. The van der Waals surface area contributed by atoms with Gasteiger partial charge in [-0.1, -0.05) is 12.1 Å². The maximum Gasteiger partial charge on any atom is 0.234 e. The zero-order valence-corrected chi connectivity index (χ0v) is 7.75. The van der Waals surface area contributed by atoms with Gasteiger partial charge in [-0.05, 0) is 12.1 Å². The Labute approximate surface area is 85.4 Å². The van der Waals surface area contributed by atoms with Crippen LogP contribution in [0.15, 0.2) is 36.7 Å². The van der Waals surface area contributed by atoms with E-state index in [9.17, 15) is 0 Å². The minimum Gasteiger partial charge on any atom is -0.282 e. The molecule has 70 valence electrons. The van der Waals surface area contributed by atoms with Gasteiger partial charge in [0.15, 0.2) is 0 Å². The second-order valence-corrected chi connectivity index (χ2v) is 3.22. The quantitative estimate of drug-likeness (QED) is 0.547. The number of benzene rings is 1. The number of rotatable bonds is 0. The number of imidazole rings is 1. The molecule has 0 atom stereocenters. The summed E-state index contributed by atoms with van der Waals surface area (Å²) in [6.45, 7) is 0. The fourth-order valence-corrected chi connectivity index (χ4v) is 1.61. The molecule has 0 bridgehead atoms. The summed E-state index contributed by atoms with van der Waals surface area (Å²) in [5.41, 5.74) is 2.39. The first kappa shape index (κ1) is 7.94. The highest BCUT2D eigenvalue weighted by Gasteiger charge is 2.04. The van der Waals surface area contributed by atoms with Crippen LogP contribution in [0.3, 0.4) is 0 Å². The summed E-state index contributed by atoms with van der Waals surface area (Å²) in [6.07, 6.45) is 3.28. The van der Waals surface area contributed by atoms with Crippen LogP contribution < -0.4 is 0 Å². The molecule has 0 radical (unpaired) electrons. The first-order chi connectivity index (χ1) is 7.38. The van der Waals surface area contributed by atoms with Crippen molar-refractivity contribution in [3.05, 3.63) is 42.2 Å². The standard InChI is InChI=1S/C11H6N4/c12-5-8-6-13-11-14-9-3-1-2-4-10(9)15(11)7-8/h1-4,6-7H. The van der Waals surface area contributed by atoms with Gasteiger partial charge in [-0.2, -0.15) is 5.26 Å². The average Bonchev–Trinajstić information content (AvgIpc) is 2.66. The molecule has 0 spiro atoms. The van der Waals surface area contributed by atoms with E-state index >= 15 is 0 Å². The minimum absolute atomic E-state index is 0.533. The summed E-state index contributed by atoms with van der Waals surface area (Å²) in [4.78, 5) is 8.45. The van der Waals surface area contributed by atoms with Gasteiger partial charge in [-0.25, -0.2) is 9.97 Å². The summed E-state index contributed by atoms with van der Waals surface area (Å²) in [5, 5.41) is 8.78. The minimum atomic E-state index is 0.533. The fraction of sp³-hybridized carbons (Fsp3) is 0. The Hall–Kier alpha value is -2.41. The molecule has 0 saturated carbocycles. The molecule has 1 aromatic carbocycles. The van der Waals surface area contributed by atoms with Crippen molar-refractivity contribution >= 4 is 16.8 Å². The molecule has 0 amide bonds. The molecule has 0 aliphatic rings. The summed E-state index contributed by atoms with van der Waals surface area (Å²) in [6, 6.07) is 9.82. The highest BCUT2D eigenvalue weighted by atomic mass is 15.1. The van der Waals surface area contributed by atoms with E-state index in [2.05, 4.69) is 16.0 Å². The van der Waals surface area contributed by atoms with Crippen molar-refractivity contribution in [1.82, 2.24) is 14.4 Å². The number of nitriles is 1. The summed E-state index contributed by atoms with van der Waals surface area (Å²) >= 11 is 0. The van der Waals surface area contributed by atoms with E-state index in [1.54, 1.807) is 6.20 Å². The van der Waals surface area contributed by atoms with E-state index in [0.29, 0.717) is 11.3 Å². The monoisotopic (exact) mass is 194 g/mol. The molecule has 2 heterocycles. The zero-order valence-electron chi connectivity index (χ0n) is 7.75. The molecular weight excluding hydrogens is 188 g/mol. The molecule has 0 aliphatic heterocycles. The lowest BCUT2D eigenvalue weighted by molar-refractivity contribution is 1.12. The smallest absolute Gasteiger partial charge is 0.234 e. The van der Waals surface area contributed by atoms with Crippen LogP contribution in [0.5, 0.6) is 0 Å². The summed E-state index contributed by atoms with van der Waals surface area (Å²) in [7, 11) is 0. The van der Waals surface area contributed by atoms with Gasteiger partial charge in [0.05, 0.1) is 22.8 Å². The Morgan fingerprint density at radius 3 is 3.00 bits per heavy atom. The van der Waals surface area contributed by atoms with Crippen LogP contribution in [0, 0.1) is 11.3 Å². The number of aromatic nitrogens is 3. The van der Waals surface area contributed by atoms with E-state index in [1.807, 2.05) is 28.7 Å². The number of nitrogens with zero attached hydrogens (tertiary/aromatic N) is 4. The maximum absolute atomic E-state index is 8.78. The van der Waals surface area contributed by atoms with E-state index in [1.165, 1.54) is 6.20 Å². The molecule has 3 aromatic rings. The Balaban J connectivity index is 2.53. The van der Waals surface area contributed by atoms with Crippen LogP contribution in [-0.4, -0.2) is 14.4 Å². The Bertz CT molecular complexity index is 690. The Morgan fingerprint density at radius 2 is 2.13 bits per heavy atom. The van der Waals surface area contributed by atoms with Gasteiger partial charge in [0.25, 0.3) is 0 Å². The maximum atomic E-state index is 8.78. The average molecular weight is 194 g/mol. The molecular formula is C11H6N4. The van der Waals surface area contributed by atoms with Crippen LogP contribution in [0.25, 0.3) is 16.8 Å². The third-order valence-electron chi connectivity index (χ3n) is 2.29. The van der Waals surface area contributed by atoms with Crippen LogP contribution in [0.4, 0.5) is 0 Å². The van der Waals surface area contributed by atoms with Gasteiger partial charge in [0.1, 0.15) is 6.07 Å². The zero-order chi connectivity index (χ0) is 10.3. The van der Waals surface area contributed by atoms with Gasteiger partial charge in [-0.15, -0.1) is 0 Å². The van der Waals surface area contributed by atoms with Gasteiger partial charge in [0, 0.05) is 6.20 Å². The molecule has 0 saturated heterocycles. The van der Waals surface area contributed by atoms with Crippen molar-refractivity contribution in [3.8, 4) is 6.07 Å². The molecule has 0 unspecified atom stereocenters. The van der Waals surface area contributed by atoms with Crippen LogP contribution in [0.1, 0.15) is 5.56 Å². The predicted molar refractivity (Wildman–Crippen MR) is 55.2 cm³/mol. The third kappa shape index (κ3) is 1.07. The SMILES string of the molecule is N#Cc1cnc2nc3ccccc3n2c1. The predicted octanol–water partition coefficient (Wildman–Crippen LogP) is 1.75. The van der Waals surface area contributed by atoms with Gasteiger partial charge >= 0.3 is 0 Å². The lowest BCUT2D eigenvalue weighted by atomic mass is 10.3. The van der Waals surface area contributed by atoms with E-state index < -0.39 is 0 Å².